The third-order valence-corrected chi connectivity index (χ3v) is 2.70. The summed E-state index contributed by atoms with van der Waals surface area (Å²) in [6.07, 6.45) is 1.43. The lowest BCUT2D eigenvalue weighted by Crippen LogP contribution is -1.92. The molecule has 1 nitrogen and oxygen atoms in total. The van der Waals surface area contributed by atoms with Crippen molar-refractivity contribution in [2.75, 3.05) is 0 Å². The smallest absolute Gasteiger partial charge is 0.149 e. The highest BCUT2D eigenvalue weighted by atomic mass is 79.9. The Labute approximate surface area is 87.9 Å². The summed E-state index contributed by atoms with van der Waals surface area (Å²) in [7, 11) is 0. The SMILES string of the molecule is Cc1cc(F)c2nccc(Br)c2c1F. The molecule has 0 aliphatic rings. The molecule has 0 radical (unpaired) electrons. The number of halogens is 3. The van der Waals surface area contributed by atoms with Gasteiger partial charge in [-0.3, -0.25) is 4.98 Å². The summed E-state index contributed by atoms with van der Waals surface area (Å²) in [5, 5.41) is 0.199. The second-order valence-corrected chi connectivity index (χ2v) is 3.86. The van der Waals surface area contributed by atoms with E-state index in [1.807, 2.05) is 0 Å². The first-order chi connectivity index (χ1) is 6.61. The predicted octanol–water partition coefficient (Wildman–Crippen LogP) is 3.58. The third-order valence-electron chi connectivity index (χ3n) is 2.04. The Kier molecular flexibility index (Phi) is 2.23. The van der Waals surface area contributed by atoms with Gasteiger partial charge in [-0.05, 0) is 40.5 Å². The van der Waals surface area contributed by atoms with Crippen molar-refractivity contribution in [3.63, 3.8) is 0 Å². The second-order valence-electron chi connectivity index (χ2n) is 3.01. The van der Waals surface area contributed by atoms with Gasteiger partial charge in [-0.25, -0.2) is 8.78 Å². The monoisotopic (exact) mass is 257 g/mol. The van der Waals surface area contributed by atoms with E-state index in [1.165, 1.54) is 13.1 Å². The maximum absolute atomic E-state index is 13.6. The minimum absolute atomic E-state index is 0.0578. The average molecular weight is 258 g/mol. The summed E-state index contributed by atoms with van der Waals surface area (Å²) >= 11 is 3.17. The van der Waals surface area contributed by atoms with Gasteiger partial charge in [0.1, 0.15) is 17.2 Å². The molecule has 14 heavy (non-hydrogen) atoms. The Hall–Kier alpha value is -1.03. The first-order valence-electron chi connectivity index (χ1n) is 4.00. The van der Waals surface area contributed by atoms with Crippen molar-refractivity contribution >= 4 is 26.8 Å². The maximum Gasteiger partial charge on any atom is 0.149 e. The molecular formula is C10H6BrF2N. The van der Waals surface area contributed by atoms with Crippen LogP contribution in [-0.2, 0) is 0 Å². The largest absolute Gasteiger partial charge is 0.253 e. The summed E-state index contributed by atoms with van der Waals surface area (Å²) in [6.45, 7) is 1.53. The molecule has 1 aromatic carbocycles. The molecule has 0 saturated heterocycles. The summed E-state index contributed by atoms with van der Waals surface area (Å²) < 4.78 is 27.5. The van der Waals surface area contributed by atoms with Crippen LogP contribution in [0.2, 0.25) is 0 Å². The van der Waals surface area contributed by atoms with Gasteiger partial charge in [0.2, 0.25) is 0 Å². The second kappa shape index (κ2) is 3.28. The number of benzene rings is 1. The zero-order valence-corrected chi connectivity index (χ0v) is 8.90. The van der Waals surface area contributed by atoms with Crippen LogP contribution in [0.1, 0.15) is 5.56 Å². The van der Waals surface area contributed by atoms with Gasteiger partial charge < -0.3 is 0 Å². The van der Waals surface area contributed by atoms with Crippen molar-refractivity contribution in [3.8, 4) is 0 Å². The van der Waals surface area contributed by atoms with E-state index in [9.17, 15) is 8.78 Å². The standard InChI is InChI=1S/C10H6BrF2N/c1-5-4-7(12)10-8(9(5)13)6(11)2-3-14-10/h2-4H,1H3. The minimum atomic E-state index is -0.500. The maximum atomic E-state index is 13.6. The number of hydrogen-bond donors (Lipinski definition) is 0. The molecule has 2 rings (SSSR count). The van der Waals surface area contributed by atoms with E-state index in [2.05, 4.69) is 20.9 Å². The third kappa shape index (κ3) is 1.30. The number of hydrogen-bond acceptors (Lipinski definition) is 1. The summed E-state index contributed by atoms with van der Waals surface area (Å²) in [4.78, 5) is 3.80. The highest BCUT2D eigenvalue weighted by molar-refractivity contribution is 9.10. The normalized spacial score (nSPS) is 10.9. The molecule has 0 aliphatic carbocycles. The molecule has 1 aromatic heterocycles. The molecule has 0 aliphatic heterocycles. The Balaban J connectivity index is 3.03. The lowest BCUT2D eigenvalue weighted by Gasteiger charge is -2.04. The van der Waals surface area contributed by atoms with Crippen LogP contribution in [0.25, 0.3) is 10.9 Å². The van der Waals surface area contributed by atoms with Crippen molar-refractivity contribution in [2.45, 2.75) is 6.92 Å². The predicted molar refractivity (Wildman–Crippen MR) is 54.1 cm³/mol. The molecule has 72 valence electrons. The molecule has 0 unspecified atom stereocenters. The number of fused-ring (bicyclic) bond motifs is 1. The zero-order valence-electron chi connectivity index (χ0n) is 7.31. The molecule has 0 spiro atoms. The first kappa shape index (κ1) is 9.52. The van der Waals surface area contributed by atoms with Gasteiger partial charge in [-0.1, -0.05) is 0 Å². The summed E-state index contributed by atoms with van der Waals surface area (Å²) in [5.41, 5.74) is 0.339. The molecule has 0 fully saturated rings. The van der Waals surface area contributed by atoms with E-state index < -0.39 is 11.6 Å². The number of pyridine rings is 1. The minimum Gasteiger partial charge on any atom is -0.253 e. The quantitative estimate of drug-likeness (QED) is 0.703. The fourth-order valence-electron chi connectivity index (χ4n) is 1.35. The van der Waals surface area contributed by atoms with E-state index in [0.29, 0.717) is 4.47 Å². The molecule has 0 bridgehead atoms. The molecule has 0 amide bonds. The Morgan fingerprint density at radius 3 is 2.79 bits per heavy atom. The number of nitrogens with zero attached hydrogens (tertiary/aromatic N) is 1. The average Bonchev–Trinajstić information content (AvgIpc) is 2.14. The van der Waals surface area contributed by atoms with Crippen LogP contribution in [0, 0.1) is 18.6 Å². The van der Waals surface area contributed by atoms with Crippen molar-refractivity contribution in [2.24, 2.45) is 0 Å². The van der Waals surface area contributed by atoms with Gasteiger partial charge >= 0.3 is 0 Å². The van der Waals surface area contributed by atoms with Crippen LogP contribution in [0.5, 0.6) is 0 Å². The zero-order chi connectivity index (χ0) is 10.3. The van der Waals surface area contributed by atoms with E-state index >= 15 is 0 Å². The Bertz CT molecular complexity index is 511. The van der Waals surface area contributed by atoms with Crippen molar-refractivity contribution < 1.29 is 8.78 Å². The Morgan fingerprint density at radius 2 is 2.07 bits per heavy atom. The van der Waals surface area contributed by atoms with Gasteiger partial charge in [0, 0.05) is 10.7 Å². The number of aryl methyl sites for hydroxylation is 1. The molecule has 4 heteroatoms. The van der Waals surface area contributed by atoms with Gasteiger partial charge in [0.05, 0.1) is 5.39 Å². The molecule has 0 N–H and O–H groups in total. The lowest BCUT2D eigenvalue weighted by atomic mass is 10.1. The molecule has 0 saturated carbocycles. The van der Waals surface area contributed by atoms with Crippen LogP contribution in [0.15, 0.2) is 22.8 Å². The topological polar surface area (TPSA) is 12.9 Å². The molecular weight excluding hydrogens is 252 g/mol. The van der Waals surface area contributed by atoms with Crippen LogP contribution in [0.4, 0.5) is 8.78 Å². The molecule has 1 heterocycles. The number of aromatic nitrogens is 1. The highest BCUT2D eigenvalue weighted by Gasteiger charge is 2.12. The fraction of sp³-hybridized carbons (Fsp3) is 0.100. The van der Waals surface area contributed by atoms with E-state index in [4.69, 9.17) is 0 Å². The van der Waals surface area contributed by atoms with Gasteiger partial charge in [-0.2, -0.15) is 0 Å². The van der Waals surface area contributed by atoms with E-state index in [-0.39, 0.29) is 16.5 Å². The number of rotatable bonds is 0. The van der Waals surface area contributed by atoms with Gasteiger partial charge in [0.15, 0.2) is 0 Å². The van der Waals surface area contributed by atoms with Crippen LogP contribution >= 0.6 is 15.9 Å². The van der Waals surface area contributed by atoms with Crippen LogP contribution in [0.3, 0.4) is 0 Å². The van der Waals surface area contributed by atoms with E-state index in [1.54, 1.807) is 6.07 Å². The van der Waals surface area contributed by atoms with E-state index in [0.717, 1.165) is 6.07 Å². The summed E-state index contributed by atoms with van der Waals surface area (Å²) in [6, 6.07) is 2.74. The Morgan fingerprint density at radius 1 is 1.36 bits per heavy atom. The lowest BCUT2D eigenvalue weighted by molar-refractivity contribution is 0.607. The first-order valence-corrected chi connectivity index (χ1v) is 4.79. The van der Waals surface area contributed by atoms with Crippen LogP contribution in [-0.4, -0.2) is 4.98 Å². The summed E-state index contributed by atoms with van der Waals surface area (Å²) in [5.74, 6) is -0.929. The molecule has 0 atom stereocenters. The highest BCUT2D eigenvalue weighted by Crippen LogP contribution is 2.28. The van der Waals surface area contributed by atoms with Crippen molar-refractivity contribution in [1.29, 1.82) is 0 Å². The molecule has 2 aromatic rings. The van der Waals surface area contributed by atoms with Gasteiger partial charge in [-0.15, -0.1) is 0 Å². The van der Waals surface area contributed by atoms with Crippen molar-refractivity contribution in [3.05, 3.63) is 40.0 Å². The van der Waals surface area contributed by atoms with Gasteiger partial charge in [0.25, 0.3) is 0 Å². The fourth-order valence-corrected chi connectivity index (χ4v) is 1.83. The van der Waals surface area contributed by atoms with Crippen molar-refractivity contribution in [1.82, 2.24) is 4.98 Å². The van der Waals surface area contributed by atoms with Crippen LogP contribution < -0.4 is 0 Å².